The summed E-state index contributed by atoms with van der Waals surface area (Å²) in [5.41, 5.74) is 5.60. The van der Waals surface area contributed by atoms with Gasteiger partial charge in [0, 0.05) is 0 Å². The van der Waals surface area contributed by atoms with Gasteiger partial charge in [-0.2, -0.15) is 0 Å². The molecule has 14 heavy (non-hydrogen) atoms. The molecule has 0 saturated heterocycles. The number of halogens is 3. The molecule has 0 rings (SSSR count). The van der Waals surface area contributed by atoms with Crippen LogP contribution in [0.3, 0.4) is 0 Å². The molecule has 0 aromatic carbocycles. The fraction of sp³-hybridized carbons (Fsp3) is 0.875. The molecular weight excluding hydrogens is 248 g/mol. The third kappa shape index (κ3) is 5.91. The van der Waals surface area contributed by atoms with Crippen molar-refractivity contribution in [3.8, 4) is 0 Å². The largest absolute Gasteiger partial charge is 0.460 e. The van der Waals surface area contributed by atoms with Gasteiger partial charge in [-0.3, -0.25) is 4.79 Å². The number of carbonyl (C=O) groups excluding carboxylic acids is 1. The van der Waals surface area contributed by atoms with E-state index < -0.39 is 15.8 Å². The van der Waals surface area contributed by atoms with Crippen molar-refractivity contribution in [1.82, 2.24) is 0 Å². The summed E-state index contributed by atoms with van der Waals surface area (Å²) in [5, 5.41) is 0. The zero-order valence-corrected chi connectivity index (χ0v) is 10.4. The van der Waals surface area contributed by atoms with Crippen LogP contribution in [0.15, 0.2) is 0 Å². The van der Waals surface area contributed by atoms with E-state index >= 15 is 0 Å². The Bertz CT molecular complexity index is 194. The first-order valence-electron chi connectivity index (χ1n) is 4.27. The van der Waals surface area contributed by atoms with Gasteiger partial charge in [0.25, 0.3) is 0 Å². The number of nitrogens with two attached hydrogens (primary N) is 1. The predicted octanol–water partition coefficient (Wildman–Crippen LogP) is 2.27. The lowest BCUT2D eigenvalue weighted by Crippen LogP contribution is -2.39. The fourth-order valence-corrected chi connectivity index (χ4v) is 0.899. The van der Waals surface area contributed by atoms with Crippen molar-refractivity contribution in [3.05, 3.63) is 0 Å². The van der Waals surface area contributed by atoms with E-state index in [1.54, 1.807) is 0 Å². The Balaban J connectivity index is 3.97. The molecule has 0 amide bonds. The number of rotatable bonds is 4. The highest BCUT2D eigenvalue weighted by Crippen LogP contribution is 2.26. The molecule has 2 atom stereocenters. The first-order chi connectivity index (χ1) is 6.28. The van der Waals surface area contributed by atoms with Gasteiger partial charge in [-0.15, -0.1) is 0 Å². The summed E-state index contributed by atoms with van der Waals surface area (Å²) in [4.78, 5) is 11.3. The molecule has 0 radical (unpaired) electrons. The first kappa shape index (κ1) is 14.3. The average Bonchev–Trinajstić information content (AvgIpc) is 2.10. The van der Waals surface area contributed by atoms with Gasteiger partial charge in [0.1, 0.15) is 12.6 Å². The first-order valence-corrected chi connectivity index (χ1v) is 5.40. The van der Waals surface area contributed by atoms with E-state index in [2.05, 4.69) is 0 Å². The minimum Gasteiger partial charge on any atom is -0.460 e. The van der Waals surface area contributed by atoms with Gasteiger partial charge in [0.2, 0.25) is 3.79 Å². The number of carbonyl (C=O) groups is 1. The predicted molar refractivity (Wildman–Crippen MR) is 58.7 cm³/mol. The van der Waals surface area contributed by atoms with E-state index in [0.29, 0.717) is 0 Å². The summed E-state index contributed by atoms with van der Waals surface area (Å²) in [5.74, 6) is -0.483. The Morgan fingerprint density at radius 1 is 1.50 bits per heavy atom. The number of esters is 1. The van der Waals surface area contributed by atoms with Crippen LogP contribution in [0.4, 0.5) is 0 Å². The van der Waals surface area contributed by atoms with E-state index in [0.717, 1.165) is 6.42 Å². The molecule has 0 aromatic rings. The molecule has 0 fully saturated rings. The standard InChI is InChI=1S/C8H14Cl3NO2/c1-3-5(2)6(12)7(13)14-4-8(9,10)11/h5-6H,3-4,12H2,1-2H3/t5-,6-/m0/s1. The molecule has 0 bridgehead atoms. The second-order valence-electron chi connectivity index (χ2n) is 3.13. The molecule has 0 aliphatic heterocycles. The van der Waals surface area contributed by atoms with Crippen molar-refractivity contribution in [2.45, 2.75) is 30.1 Å². The summed E-state index contributed by atoms with van der Waals surface area (Å²) in [6, 6.07) is -0.660. The molecule has 6 heteroatoms. The van der Waals surface area contributed by atoms with Crippen molar-refractivity contribution in [2.24, 2.45) is 11.7 Å². The van der Waals surface area contributed by atoms with Crippen LogP contribution >= 0.6 is 34.8 Å². The van der Waals surface area contributed by atoms with Crippen molar-refractivity contribution in [3.63, 3.8) is 0 Å². The van der Waals surface area contributed by atoms with E-state index in [1.165, 1.54) is 0 Å². The van der Waals surface area contributed by atoms with Gasteiger partial charge in [-0.1, -0.05) is 55.1 Å². The van der Waals surface area contributed by atoms with Gasteiger partial charge in [-0.05, 0) is 5.92 Å². The van der Waals surface area contributed by atoms with Crippen molar-refractivity contribution in [1.29, 1.82) is 0 Å². The Morgan fingerprint density at radius 3 is 2.36 bits per heavy atom. The number of hydrogen-bond donors (Lipinski definition) is 1. The maximum atomic E-state index is 11.3. The summed E-state index contributed by atoms with van der Waals surface area (Å²) < 4.78 is 3.15. The zero-order chi connectivity index (χ0) is 11.4. The minimum atomic E-state index is -1.58. The molecular formula is C8H14Cl3NO2. The van der Waals surface area contributed by atoms with E-state index in [-0.39, 0.29) is 12.5 Å². The Hall–Kier alpha value is 0.300. The van der Waals surface area contributed by atoms with Crippen LogP contribution in [-0.2, 0) is 9.53 Å². The molecule has 2 N–H and O–H groups in total. The highest BCUT2D eigenvalue weighted by molar-refractivity contribution is 6.67. The normalized spacial score (nSPS) is 16.1. The maximum absolute atomic E-state index is 11.3. The van der Waals surface area contributed by atoms with Crippen LogP contribution in [0.2, 0.25) is 0 Å². The van der Waals surface area contributed by atoms with Crippen LogP contribution in [0, 0.1) is 5.92 Å². The van der Waals surface area contributed by atoms with Gasteiger partial charge in [-0.25, -0.2) is 0 Å². The van der Waals surface area contributed by atoms with Crippen LogP contribution in [0.5, 0.6) is 0 Å². The second-order valence-corrected chi connectivity index (χ2v) is 5.65. The van der Waals surface area contributed by atoms with Crippen molar-refractivity contribution < 1.29 is 9.53 Å². The summed E-state index contributed by atoms with van der Waals surface area (Å²) >= 11 is 16.2. The summed E-state index contributed by atoms with van der Waals surface area (Å²) in [7, 11) is 0. The van der Waals surface area contributed by atoms with E-state index in [4.69, 9.17) is 45.3 Å². The van der Waals surface area contributed by atoms with Crippen molar-refractivity contribution in [2.75, 3.05) is 6.61 Å². The third-order valence-electron chi connectivity index (χ3n) is 1.91. The van der Waals surface area contributed by atoms with Crippen LogP contribution in [0.25, 0.3) is 0 Å². The molecule has 0 aromatic heterocycles. The summed E-state index contributed by atoms with van der Waals surface area (Å²) in [6.07, 6.45) is 0.796. The smallest absolute Gasteiger partial charge is 0.323 e. The van der Waals surface area contributed by atoms with E-state index in [1.807, 2.05) is 13.8 Å². The van der Waals surface area contributed by atoms with Crippen LogP contribution in [0.1, 0.15) is 20.3 Å². The lowest BCUT2D eigenvalue weighted by molar-refractivity contribution is -0.146. The quantitative estimate of drug-likeness (QED) is 0.625. The van der Waals surface area contributed by atoms with Gasteiger partial charge in [0.05, 0.1) is 0 Å². The van der Waals surface area contributed by atoms with Gasteiger partial charge < -0.3 is 10.5 Å². The van der Waals surface area contributed by atoms with Crippen molar-refractivity contribution >= 4 is 40.8 Å². The monoisotopic (exact) mass is 261 g/mol. The Morgan fingerprint density at radius 2 is 2.00 bits per heavy atom. The molecule has 0 aliphatic rings. The second kappa shape index (κ2) is 6.01. The maximum Gasteiger partial charge on any atom is 0.323 e. The van der Waals surface area contributed by atoms with Gasteiger partial charge in [0.15, 0.2) is 0 Å². The highest BCUT2D eigenvalue weighted by atomic mass is 35.6. The third-order valence-corrected chi connectivity index (χ3v) is 2.23. The topological polar surface area (TPSA) is 52.3 Å². The number of ether oxygens (including phenoxy) is 1. The highest BCUT2D eigenvalue weighted by Gasteiger charge is 2.26. The Kier molecular flexibility index (Phi) is 6.14. The molecule has 0 unspecified atom stereocenters. The molecule has 0 heterocycles. The molecule has 84 valence electrons. The summed E-state index contributed by atoms with van der Waals surface area (Å²) in [6.45, 7) is 3.52. The number of alkyl halides is 3. The molecule has 0 spiro atoms. The Labute approximate surface area is 98.8 Å². The fourth-order valence-electron chi connectivity index (χ4n) is 0.735. The molecule has 0 aliphatic carbocycles. The average molecular weight is 263 g/mol. The molecule has 3 nitrogen and oxygen atoms in total. The SMILES string of the molecule is CC[C@H](C)[C@H](N)C(=O)OCC(Cl)(Cl)Cl. The van der Waals surface area contributed by atoms with Gasteiger partial charge >= 0.3 is 5.97 Å². The lowest BCUT2D eigenvalue weighted by Gasteiger charge is -2.18. The zero-order valence-electron chi connectivity index (χ0n) is 8.10. The van der Waals surface area contributed by atoms with Crippen LogP contribution < -0.4 is 5.73 Å². The number of hydrogen-bond acceptors (Lipinski definition) is 3. The minimum absolute atomic E-state index is 0.0536. The lowest BCUT2D eigenvalue weighted by atomic mass is 10.0. The van der Waals surface area contributed by atoms with Crippen LogP contribution in [-0.4, -0.2) is 22.4 Å². The molecule has 0 saturated carbocycles. The van der Waals surface area contributed by atoms with E-state index in [9.17, 15) is 4.79 Å².